The lowest BCUT2D eigenvalue weighted by molar-refractivity contribution is -0.157. The number of carboxylic acid groups (broad SMARTS) is 1. The van der Waals surface area contributed by atoms with E-state index < -0.39 is 35.3 Å². The molecule has 182 valence electrons. The second-order valence-corrected chi connectivity index (χ2v) is 9.11. The van der Waals surface area contributed by atoms with Crippen LogP contribution >= 0.6 is 23.2 Å². The SMILES string of the molecule is CC(NC(=O)c1ccc(C(=O)N2CCNC(=O)C2(C)C(=O)O)c(Cl)c1)c1nc2ccc(Cl)cc2[nH]1. The van der Waals surface area contributed by atoms with Gasteiger partial charge in [-0.15, -0.1) is 0 Å². The Hall–Kier alpha value is -3.63. The minimum Gasteiger partial charge on any atom is -0.479 e. The van der Waals surface area contributed by atoms with E-state index in [2.05, 4.69) is 20.6 Å². The monoisotopic (exact) mass is 517 g/mol. The van der Waals surface area contributed by atoms with Crippen LogP contribution in [-0.2, 0) is 9.59 Å². The Morgan fingerprint density at radius 1 is 1.20 bits per heavy atom. The van der Waals surface area contributed by atoms with Gasteiger partial charge in [-0.2, -0.15) is 0 Å². The van der Waals surface area contributed by atoms with E-state index in [1.54, 1.807) is 25.1 Å². The van der Waals surface area contributed by atoms with Crippen LogP contribution in [0.25, 0.3) is 11.0 Å². The first-order chi connectivity index (χ1) is 16.5. The maximum atomic E-state index is 13.1. The molecule has 3 amide bonds. The van der Waals surface area contributed by atoms with E-state index in [1.807, 2.05) is 0 Å². The molecule has 0 bridgehead atoms. The van der Waals surface area contributed by atoms with Crippen molar-refractivity contribution < 1.29 is 24.3 Å². The molecule has 1 aromatic heterocycles. The Morgan fingerprint density at radius 2 is 1.94 bits per heavy atom. The summed E-state index contributed by atoms with van der Waals surface area (Å²) in [6, 6.07) is 8.80. The molecule has 4 rings (SSSR count). The van der Waals surface area contributed by atoms with E-state index >= 15 is 0 Å². The number of nitrogens with zero attached hydrogens (tertiary/aromatic N) is 2. The summed E-state index contributed by atoms with van der Waals surface area (Å²) in [6.45, 7) is 3.01. The maximum absolute atomic E-state index is 13.1. The molecule has 1 aliphatic rings. The standard InChI is InChI=1S/C23H21Cl2N5O5/c1-11(18-28-16-6-4-13(24)10-17(16)29-18)27-19(31)12-3-5-14(15(25)9-12)20(32)30-8-7-26-21(33)23(30,2)22(34)35/h3-6,9-11H,7-8H2,1-2H3,(H,26,33)(H,27,31)(H,28,29)(H,34,35). The highest BCUT2D eigenvalue weighted by Gasteiger charge is 2.51. The summed E-state index contributed by atoms with van der Waals surface area (Å²) >= 11 is 12.3. The van der Waals surface area contributed by atoms with Gasteiger partial charge in [-0.1, -0.05) is 23.2 Å². The first kappa shape index (κ1) is 24.5. The second kappa shape index (κ2) is 9.20. The number of rotatable bonds is 5. The molecular formula is C23H21Cl2N5O5. The highest BCUT2D eigenvalue weighted by molar-refractivity contribution is 6.34. The van der Waals surface area contributed by atoms with E-state index in [4.69, 9.17) is 23.2 Å². The van der Waals surface area contributed by atoms with Gasteiger partial charge in [-0.05, 0) is 50.2 Å². The van der Waals surface area contributed by atoms with Crippen LogP contribution in [0, 0.1) is 0 Å². The van der Waals surface area contributed by atoms with E-state index in [0.717, 1.165) is 17.3 Å². The first-order valence-electron chi connectivity index (χ1n) is 10.6. The summed E-state index contributed by atoms with van der Waals surface area (Å²) in [5.41, 5.74) is -0.473. The van der Waals surface area contributed by atoms with Crippen molar-refractivity contribution >= 4 is 57.9 Å². The Kier molecular flexibility index (Phi) is 6.44. The molecule has 1 fully saturated rings. The van der Waals surface area contributed by atoms with E-state index in [-0.39, 0.29) is 29.2 Å². The molecule has 3 aromatic rings. The number of amides is 3. The Bertz CT molecular complexity index is 1370. The molecule has 1 saturated heterocycles. The maximum Gasteiger partial charge on any atom is 0.339 e. The molecule has 10 nitrogen and oxygen atoms in total. The second-order valence-electron chi connectivity index (χ2n) is 8.26. The van der Waals surface area contributed by atoms with Crippen LogP contribution in [0.3, 0.4) is 0 Å². The molecule has 0 radical (unpaired) electrons. The van der Waals surface area contributed by atoms with Gasteiger partial charge < -0.3 is 25.6 Å². The van der Waals surface area contributed by atoms with Crippen LogP contribution in [0.1, 0.15) is 46.4 Å². The van der Waals surface area contributed by atoms with Crippen molar-refractivity contribution in [2.45, 2.75) is 25.4 Å². The molecule has 2 heterocycles. The number of halogens is 2. The summed E-state index contributed by atoms with van der Waals surface area (Å²) in [7, 11) is 0. The summed E-state index contributed by atoms with van der Waals surface area (Å²) in [4.78, 5) is 58.5. The third kappa shape index (κ3) is 4.42. The molecule has 4 N–H and O–H groups in total. The van der Waals surface area contributed by atoms with Crippen molar-refractivity contribution in [1.82, 2.24) is 25.5 Å². The van der Waals surface area contributed by atoms with E-state index in [0.29, 0.717) is 16.4 Å². The van der Waals surface area contributed by atoms with Gasteiger partial charge in [0.1, 0.15) is 5.82 Å². The summed E-state index contributed by atoms with van der Waals surface area (Å²) in [5.74, 6) is -2.90. The number of aromatic amines is 1. The van der Waals surface area contributed by atoms with Gasteiger partial charge in [0.25, 0.3) is 17.7 Å². The van der Waals surface area contributed by atoms with Gasteiger partial charge in [0.15, 0.2) is 0 Å². The number of aromatic nitrogens is 2. The van der Waals surface area contributed by atoms with E-state index in [1.165, 1.54) is 18.2 Å². The lowest BCUT2D eigenvalue weighted by atomic mass is 9.95. The number of imidazole rings is 1. The zero-order valence-corrected chi connectivity index (χ0v) is 20.2. The van der Waals surface area contributed by atoms with Gasteiger partial charge in [0.05, 0.1) is 27.7 Å². The summed E-state index contributed by atoms with van der Waals surface area (Å²) in [6.07, 6.45) is 0. The normalized spacial score (nSPS) is 18.7. The number of piperazine rings is 1. The van der Waals surface area contributed by atoms with Crippen molar-refractivity contribution in [2.24, 2.45) is 0 Å². The molecule has 0 spiro atoms. The lowest BCUT2D eigenvalue weighted by Crippen LogP contribution is -2.68. The van der Waals surface area contributed by atoms with Crippen molar-refractivity contribution in [3.63, 3.8) is 0 Å². The summed E-state index contributed by atoms with van der Waals surface area (Å²) < 4.78 is 0. The average molecular weight is 518 g/mol. The van der Waals surface area contributed by atoms with E-state index in [9.17, 15) is 24.3 Å². The van der Waals surface area contributed by atoms with Gasteiger partial charge in [0.2, 0.25) is 5.54 Å². The highest BCUT2D eigenvalue weighted by Crippen LogP contribution is 2.26. The van der Waals surface area contributed by atoms with Crippen LogP contribution < -0.4 is 10.6 Å². The zero-order chi connectivity index (χ0) is 25.5. The van der Waals surface area contributed by atoms with Gasteiger partial charge in [-0.3, -0.25) is 14.4 Å². The Labute approximate surface area is 209 Å². The third-order valence-corrected chi connectivity index (χ3v) is 6.49. The van der Waals surface area contributed by atoms with Crippen molar-refractivity contribution in [1.29, 1.82) is 0 Å². The quantitative estimate of drug-likeness (QED) is 0.383. The van der Waals surface area contributed by atoms with Crippen LogP contribution in [0.4, 0.5) is 0 Å². The predicted octanol–water partition coefficient (Wildman–Crippen LogP) is 2.78. The number of hydrogen-bond acceptors (Lipinski definition) is 5. The number of H-pyrrole nitrogens is 1. The van der Waals surface area contributed by atoms with Crippen molar-refractivity contribution in [3.05, 3.63) is 63.4 Å². The molecule has 12 heteroatoms. The van der Waals surface area contributed by atoms with Crippen molar-refractivity contribution in [3.8, 4) is 0 Å². The average Bonchev–Trinajstić information content (AvgIpc) is 3.23. The zero-order valence-electron chi connectivity index (χ0n) is 18.7. The van der Waals surface area contributed by atoms with Crippen LogP contribution in [0.5, 0.6) is 0 Å². The first-order valence-corrected chi connectivity index (χ1v) is 11.4. The summed E-state index contributed by atoms with van der Waals surface area (Å²) in [5, 5.41) is 15.4. The molecule has 0 saturated carbocycles. The van der Waals surface area contributed by atoms with Crippen LogP contribution in [0.15, 0.2) is 36.4 Å². The number of nitrogens with one attached hydrogen (secondary N) is 3. The fraction of sp³-hybridized carbons (Fsp3) is 0.261. The smallest absolute Gasteiger partial charge is 0.339 e. The number of fused-ring (bicyclic) bond motifs is 1. The van der Waals surface area contributed by atoms with Gasteiger partial charge >= 0.3 is 5.97 Å². The fourth-order valence-electron chi connectivity index (χ4n) is 3.85. The van der Waals surface area contributed by atoms with Crippen molar-refractivity contribution in [2.75, 3.05) is 13.1 Å². The largest absolute Gasteiger partial charge is 0.479 e. The van der Waals surface area contributed by atoms with Gasteiger partial charge in [-0.25, -0.2) is 9.78 Å². The minimum absolute atomic E-state index is 0.00777. The third-order valence-electron chi connectivity index (χ3n) is 5.95. The molecule has 2 aromatic carbocycles. The molecule has 2 atom stereocenters. The highest BCUT2D eigenvalue weighted by atomic mass is 35.5. The molecule has 2 unspecified atom stereocenters. The number of benzene rings is 2. The topological polar surface area (TPSA) is 144 Å². The van der Waals surface area contributed by atoms with Gasteiger partial charge in [0, 0.05) is 23.7 Å². The number of carboxylic acids is 1. The fourth-order valence-corrected chi connectivity index (χ4v) is 4.28. The lowest BCUT2D eigenvalue weighted by Gasteiger charge is -2.40. The Morgan fingerprint density at radius 3 is 2.63 bits per heavy atom. The molecular weight excluding hydrogens is 497 g/mol. The molecule has 35 heavy (non-hydrogen) atoms. The number of hydrogen-bond donors (Lipinski definition) is 4. The number of carbonyl (C=O) groups is 4. The Balaban J connectivity index is 1.53. The molecule has 1 aliphatic heterocycles. The number of carbonyl (C=O) groups excluding carboxylic acids is 3. The molecule has 0 aliphatic carbocycles. The minimum atomic E-state index is -2.08. The van der Waals surface area contributed by atoms with Crippen LogP contribution in [-0.4, -0.2) is 62.3 Å². The predicted molar refractivity (Wildman–Crippen MR) is 129 cm³/mol. The van der Waals surface area contributed by atoms with Crippen LogP contribution in [0.2, 0.25) is 10.0 Å². The number of aliphatic carboxylic acids is 1.